The van der Waals surface area contributed by atoms with Crippen molar-refractivity contribution in [2.24, 2.45) is 0 Å². The number of hydrogen-bond acceptors (Lipinski definition) is 2. The number of aliphatic hydroxyl groups is 1. The van der Waals surface area contributed by atoms with Crippen molar-refractivity contribution in [3.63, 3.8) is 0 Å². The second-order valence-electron chi connectivity index (χ2n) is 2.91. The van der Waals surface area contributed by atoms with Crippen molar-refractivity contribution in [3.05, 3.63) is 0 Å². The van der Waals surface area contributed by atoms with Gasteiger partial charge >= 0.3 is 0 Å². The highest BCUT2D eigenvalue weighted by atomic mass is 32.2. The van der Waals surface area contributed by atoms with E-state index >= 15 is 0 Å². The van der Waals surface area contributed by atoms with Gasteiger partial charge in [0.25, 0.3) is 0 Å². The Morgan fingerprint density at radius 1 is 1.50 bits per heavy atom. The summed E-state index contributed by atoms with van der Waals surface area (Å²) in [4.78, 5) is 0. The van der Waals surface area contributed by atoms with Crippen molar-refractivity contribution in [1.29, 1.82) is 0 Å². The Balaban J connectivity index is 3.04. The van der Waals surface area contributed by atoms with Crippen LogP contribution in [-0.4, -0.2) is 28.9 Å². The van der Waals surface area contributed by atoms with Crippen LogP contribution in [-0.2, 0) is 0 Å². The van der Waals surface area contributed by atoms with Gasteiger partial charge in [-0.2, -0.15) is 11.8 Å². The molecule has 0 unspecified atom stereocenters. The summed E-state index contributed by atoms with van der Waals surface area (Å²) in [6, 6.07) is 0. The van der Waals surface area contributed by atoms with Gasteiger partial charge in [0.1, 0.15) is 0 Å². The third kappa shape index (κ3) is 8.24. The van der Waals surface area contributed by atoms with Gasteiger partial charge in [-0.1, -0.05) is 0 Å². The zero-order valence-corrected chi connectivity index (χ0v) is 7.38. The van der Waals surface area contributed by atoms with Crippen molar-refractivity contribution < 1.29 is 9.50 Å². The zero-order valence-electron chi connectivity index (χ0n) is 6.56. The first-order valence-electron chi connectivity index (χ1n) is 3.42. The Morgan fingerprint density at radius 2 is 2.10 bits per heavy atom. The Morgan fingerprint density at radius 3 is 2.50 bits per heavy atom. The average molecular weight is 166 g/mol. The summed E-state index contributed by atoms with van der Waals surface area (Å²) < 4.78 is 11.5. The fraction of sp³-hybridized carbons (Fsp3) is 1.00. The van der Waals surface area contributed by atoms with Gasteiger partial charge in [-0.05, 0) is 26.0 Å². The van der Waals surface area contributed by atoms with Gasteiger partial charge in [0, 0.05) is 5.75 Å². The SMILES string of the molecule is CC(C)(O)CSCCCF. The molecule has 10 heavy (non-hydrogen) atoms. The Bertz CT molecular complexity index is 80.2. The molecule has 3 heteroatoms. The third-order valence-electron chi connectivity index (χ3n) is 0.878. The third-order valence-corrected chi connectivity index (χ3v) is 2.37. The van der Waals surface area contributed by atoms with Gasteiger partial charge in [-0.15, -0.1) is 0 Å². The standard InChI is InChI=1S/C7H15FOS/c1-7(2,9)6-10-5-3-4-8/h9H,3-6H2,1-2H3. The number of alkyl halides is 1. The van der Waals surface area contributed by atoms with Crippen molar-refractivity contribution in [1.82, 2.24) is 0 Å². The Labute approximate surface area is 66.0 Å². The molecule has 1 N–H and O–H groups in total. The molecule has 0 aromatic heterocycles. The van der Waals surface area contributed by atoms with Gasteiger partial charge < -0.3 is 5.11 Å². The normalized spacial score (nSPS) is 12.0. The maximum Gasteiger partial charge on any atom is 0.0902 e. The largest absolute Gasteiger partial charge is 0.390 e. The van der Waals surface area contributed by atoms with Crippen LogP contribution in [0.1, 0.15) is 20.3 Å². The van der Waals surface area contributed by atoms with Crippen LogP contribution in [0.5, 0.6) is 0 Å². The summed E-state index contributed by atoms with van der Waals surface area (Å²) in [6.07, 6.45) is 0.598. The lowest BCUT2D eigenvalue weighted by molar-refractivity contribution is 0.107. The summed E-state index contributed by atoms with van der Waals surface area (Å²) >= 11 is 1.59. The maximum atomic E-state index is 11.5. The van der Waals surface area contributed by atoms with Crippen LogP contribution in [0.4, 0.5) is 4.39 Å². The number of halogens is 1. The number of rotatable bonds is 5. The van der Waals surface area contributed by atoms with Crippen LogP contribution < -0.4 is 0 Å². The van der Waals surface area contributed by atoms with Gasteiger partial charge in [0.05, 0.1) is 12.3 Å². The molecule has 0 saturated carbocycles. The number of hydrogen-bond donors (Lipinski definition) is 1. The Hall–Kier alpha value is 0.240. The Kier molecular flexibility index (Phi) is 5.09. The van der Waals surface area contributed by atoms with E-state index < -0.39 is 5.60 Å². The predicted octanol–water partition coefficient (Wildman–Crippen LogP) is 1.85. The molecular weight excluding hydrogens is 151 g/mol. The van der Waals surface area contributed by atoms with Crippen molar-refractivity contribution >= 4 is 11.8 Å². The molecule has 0 saturated heterocycles. The van der Waals surface area contributed by atoms with Crippen molar-refractivity contribution in [2.75, 3.05) is 18.2 Å². The van der Waals surface area contributed by atoms with Crippen molar-refractivity contribution in [3.8, 4) is 0 Å². The summed E-state index contributed by atoms with van der Waals surface area (Å²) in [5.74, 6) is 1.49. The molecule has 0 bridgehead atoms. The molecule has 0 radical (unpaired) electrons. The number of thioether (sulfide) groups is 1. The lowest BCUT2D eigenvalue weighted by Gasteiger charge is -2.15. The first-order valence-corrected chi connectivity index (χ1v) is 4.58. The van der Waals surface area contributed by atoms with Crippen LogP contribution in [0, 0.1) is 0 Å². The minimum Gasteiger partial charge on any atom is -0.390 e. The highest BCUT2D eigenvalue weighted by molar-refractivity contribution is 7.99. The predicted molar refractivity (Wildman–Crippen MR) is 44.2 cm³/mol. The molecule has 0 aliphatic carbocycles. The minimum absolute atomic E-state index is 0.251. The molecule has 0 atom stereocenters. The van der Waals surface area contributed by atoms with Crippen LogP contribution in [0.2, 0.25) is 0 Å². The van der Waals surface area contributed by atoms with Crippen molar-refractivity contribution in [2.45, 2.75) is 25.9 Å². The lowest BCUT2D eigenvalue weighted by atomic mass is 10.2. The second-order valence-corrected chi connectivity index (χ2v) is 4.01. The van der Waals surface area contributed by atoms with E-state index in [9.17, 15) is 9.50 Å². The molecule has 0 aliphatic heterocycles. The highest BCUT2D eigenvalue weighted by Crippen LogP contribution is 2.12. The van der Waals surface area contributed by atoms with E-state index in [1.54, 1.807) is 25.6 Å². The van der Waals surface area contributed by atoms with E-state index in [-0.39, 0.29) is 6.67 Å². The topological polar surface area (TPSA) is 20.2 Å². The molecule has 0 fully saturated rings. The second kappa shape index (κ2) is 4.97. The molecule has 0 aromatic carbocycles. The average Bonchev–Trinajstić information content (AvgIpc) is 1.78. The molecule has 0 aromatic rings. The van der Waals surface area contributed by atoms with E-state index in [1.165, 1.54) is 0 Å². The fourth-order valence-electron chi connectivity index (χ4n) is 0.479. The molecule has 62 valence electrons. The van der Waals surface area contributed by atoms with Gasteiger partial charge in [-0.3, -0.25) is 4.39 Å². The van der Waals surface area contributed by atoms with Gasteiger partial charge in [-0.25, -0.2) is 0 Å². The quantitative estimate of drug-likeness (QED) is 0.629. The maximum absolute atomic E-state index is 11.5. The van der Waals surface area contributed by atoms with Gasteiger partial charge in [0.2, 0.25) is 0 Å². The summed E-state index contributed by atoms with van der Waals surface area (Å²) in [6.45, 7) is 3.27. The van der Waals surface area contributed by atoms with E-state index in [0.717, 1.165) is 5.75 Å². The molecule has 0 amide bonds. The molecule has 0 rings (SSSR count). The van der Waals surface area contributed by atoms with Crippen LogP contribution in [0.25, 0.3) is 0 Å². The molecule has 0 aliphatic rings. The summed E-state index contributed by atoms with van der Waals surface area (Å²) in [7, 11) is 0. The molecule has 1 nitrogen and oxygen atoms in total. The summed E-state index contributed by atoms with van der Waals surface area (Å²) in [5.41, 5.74) is -0.610. The first-order chi connectivity index (χ1) is 4.56. The van der Waals surface area contributed by atoms with E-state index in [2.05, 4.69) is 0 Å². The zero-order chi connectivity index (χ0) is 8.04. The van der Waals surface area contributed by atoms with E-state index in [1.807, 2.05) is 0 Å². The summed E-state index contributed by atoms with van der Waals surface area (Å²) in [5, 5.41) is 9.20. The fourth-order valence-corrected chi connectivity index (χ4v) is 1.44. The smallest absolute Gasteiger partial charge is 0.0902 e. The van der Waals surface area contributed by atoms with E-state index in [0.29, 0.717) is 12.2 Å². The molecular formula is C7H15FOS. The van der Waals surface area contributed by atoms with Crippen LogP contribution in [0.15, 0.2) is 0 Å². The first kappa shape index (κ1) is 10.2. The van der Waals surface area contributed by atoms with Crippen LogP contribution >= 0.6 is 11.8 Å². The van der Waals surface area contributed by atoms with Gasteiger partial charge in [0.15, 0.2) is 0 Å². The minimum atomic E-state index is -0.610. The molecule has 0 heterocycles. The van der Waals surface area contributed by atoms with Crippen LogP contribution in [0.3, 0.4) is 0 Å². The lowest BCUT2D eigenvalue weighted by Crippen LogP contribution is -2.21. The monoisotopic (exact) mass is 166 g/mol. The highest BCUT2D eigenvalue weighted by Gasteiger charge is 2.10. The van der Waals surface area contributed by atoms with E-state index in [4.69, 9.17) is 0 Å². The molecule has 0 spiro atoms.